The van der Waals surface area contributed by atoms with Crippen LogP contribution in [0.3, 0.4) is 0 Å². The van der Waals surface area contributed by atoms with Crippen LogP contribution in [0.4, 0.5) is 24.5 Å². The maximum absolute atomic E-state index is 12.9. The summed E-state index contributed by atoms with van der Waals surface area (Å²) in [6.45, 7) is 2.49. The van der Waals surface area contributed by atoms with Crippen LogP contribution < -0.4 is 4.90 Å². The van der Waals surface area contributed by atoms with Crippen molar-refractivity contribution in [1.82, 2.24) is 9.80 Å². The van der Waals surface area contributed by atoms with Gasteiger partial charge in [-0.25, -0.2) is 0 Å². The number of piperazine rings is 1. The van der Waals surface area contributed by atoms with Gasteiger partial charge in [-0.2, -0.15) is 13.2 Å². The minimum Gasteiger partial charge on any atom is -0.363 e. The first-order valence-electron chi connectivity index (χ1n) is 9.24. The van der Waals surface area contributed by atoms with Crippen LogP contribution in [0.2, 0.25) is 0 Å². The monoisotopic (exact) mass is 442 g/mol. The van der Waals surface area contributed by atoms with Gasteiger partial charge in [-0.15, -0.1) is 11.3 Å². The zero-order chi connectivity index (χ0) is 21.9. The molecule has 0 radical (unpaired) electrons. The minimum absolute atomic E-state index is 0.0302. The van der Waals surface area contributed by atoms with Gasteiger partial charge in [0.2, 0.25) is 5.91 Å². The summed E-state index contributed by atoms with van der Waals surface area (Å²) in [5.41, 5.74) is -1.45. The second-order valence-electron chi connectivity index (χ2n) is 7.05. The molecular weight excluding hydrogens is 421 g/mol. The first-order chi connectivity index (χ1) is 14.1. The normalized spacial score (nSPS) is 15.3. The van der Waals surface area contributed by atoms with E-state index in [9.17, 15) is 28.1 Å². The highest BCUT2D eigenvalue weighted by molar-refractivity contribution is 7.09. The first kappa shape index (κ1) is 22.0. The Kier molecular flexibility index (Phi) is 6.61. The number of nitro benzene ring substituents is 1. The lowest BCUT2D eigenvalue weighted by molar-refractivity contribution is -0.384. The summed E-state index contributed by atoms with van der Waals surface area (Å²) in [7, 11) is 1.74. The molecule has 0 saturated carbocycles. The van der Waals surface area contributed by atoms with Crippen molar-refractivity contribution in [3.8, 4) is 0 Å². The molecule has 162 valence electrons. The number of benzene rings is 1. The highest BCUT2D eigenvalue weighted by Gasteiger charge is 2.34. The van der Waals surface area contributed by atoms with E-state index in [0.717, 1.165) is 17.0 Å². The molecule has 0 N–H and O–H groups in total. The van der Waals surface area contributed by atoms with Crippen LogP contribution in [0.5, 0.6) is 0 Å². The summed E-state index contributed by atoms with van der Waals surface area (Å²) >= 11 is 1.58. The molecule has 7 nitrogen and oxygen atoms in total. The molecule has 1 fully saturated rings. The van der Waals surface area contributed by atoms with Crippen LogP contribution in [0.25, 0.3) is 0 Å². The molecule has 1 aliphatic heterocycles. The molecular formula is C19H21F3N4O3S. The Labute approximate surface area is 175 Å². The number of amides is 1. The molecule has 1 aliphatic rings. The van der Waals surface area contributed by atoms with Crippen molar-refractivity contribution in [3.63, 3.8) is 0 Å². The third-order valence-corrected chi connectivity index (χ3v) is 5.83. The van der Waals surface area contributed by atoms with Gasteiger partial charge in [0, 0.05) is 44.2 Å². The van der Waals surface area contributed by atoms with Crippen molar-refractivity contribution in [2.45, 2.75) is 12.7 Å². The first-order valence-corrected chi connectivity index (χ1v) is 10.1. The third-order valence-electron chi connectivity index (χ3n) is 4.97. The van der Waals surface area contributed by atoms with Crippen molar-refractivity contribution in [1.29, 1.82) is 0 Å². The van der Waals surface area contributed by atoms with Crippen LogP contribution in [-0.2, 0) is 17.5 Å². The van der Waals surface area contributed by atoms with Gasteiger partial charge in [-0.05, 0) is 23.6 Å². The zero-order valence-electron chi connectivity index (χ0n) is 16.3. The molecule has 0 unspecified atom stereocenters. The number of hydrogen-bond acceptors (Lipinski definition) is 6. The van der Waals surface area contributed by atoms with E-state index in [1.165, 1.54) is 0 Å². The van der Waals surface area contributed by atoms with E-state index in [0.29, 0.717) is 38.8 Å². The Balaban J connectivity index is 1.60. The van der Waals surface area contributed by atoms with Crippen molar-refractivity contribution >= 4 is 28.6 Å². The van der Waals surface area contributed by atoms with Gasteiger partial charge in [0.1, 0.15) is 5.69 Å². The Morgan fingerprint density at radius 3 is 2.50 bits per heavy atom. The lowest BCUT2D eigenvalue weighted by Crippen LogP contribution is -2.49. The number of nitrogens with zero attached hydrogens (tertiary/aromatic N) is 4. The van der Waals surface area contributed by atoms with Crippen LogP contribution >= 0.6 is 11.3 Å². The zero-order valence-corrected chi connectivity index (χ0v) is 17.1. The Morgan fingerprint density at radius 2 is 1.93 bits per heavy atom. The Morgan fingerprint density at radius 1 is 1.23 bits per heavy atom. The summed E-state index contributed by atoms with van der Waals surface area (Å²) in [5.74, 6) is -0.0302. The van der Waals surface area contributed by atoms with Crippen LogP contribution in [0.1, 0.15) is 10.4 Å². The number of nitro groups is 1. The molecule has 0 aliphatic carbocycles. The molecule has 1 aromatic heterocycles. The van der Waals surface area contributed by atoms with Crippen LogP contribution in [0.15, 0.2) is 35.7 Å². The molecule has 11 heteroatoms. The molecule has 1 saturated heterocycles. The van der Waals surface area contributed by atoms with Crippen molar-refractivity contribution in [2.24, 2.45) is 0 Å². The molecule has 3 rings (SSSR count). The van der Waals surface area contributed by atoms with Gasteiger partial charge in [0.15, 0.2) is 0 Å². The highest BCUT2D eigenvalue weighted by Crippen LogP contribution is 2.36. The molecule has 2 heterocycles. The number of carbonyl (C=O) groups is 1. The minimum atomic E-state index is -4.64. The topological polar surface area (TPSA) is 69.9 Å². The van der Waals surface area contributed by atoms with E-state index in [-0.39, 0.29) is 18.1 Å². The lowest BCUT2D eigenvalue weighted by Gasteiger charge is -2.36. The number of hydrogen-bond donors (Lipinski definition) is 0. The van der Waals surface area contributed by atoms with Crippen molar-refractivity contribution in [3.05, 3.63) is 56.3 Å². The Bertz CT molecular complexity index is 897. The van der Waals surface area contributed by atoms with Crippen molar-refractivity contribution < 1.29 is 22.9 Å². The van der Waals surface area contributed by atoms with Crippen LogP contribution in [-0.4, -0.2) is 60.4 Å². The number of anilines is 1. The Hall–Kier alpha value is -2.66. The van der Waals surface area contributed by atoms with Gasteiger partial charge in [0.05, 0.1) is 23.6 Å². The van der Waals surface area contributed by atoms with E-state index in [4.69, 9.17) is 0 Å². The number of likely N-dealkylation sites (N-methyl/N-ethyl adjacent to an activating group) is 1. The molecule has 0 atom stereocenters. The standard InChI is InChI=1S/C19H21F3N4O3S/c1-23(12-15-3-2-10-30-15)18(27)13-24-6-8-25(9-7-24)16-5-4-14(19(20,21)22)11-17(16)26(28)29/h2-5,10-11H,6-9,12-13H2,1H3. The number of rotatable bonds is 6. The lowest BCUT2D eigenvalue weighted by atomic mass is 10.1. The molecule has 0 spiro atoms. The second-order valence-corrected chi connectivity index (χ2v) is 8.08. The highest BCUT2D eigenvalue weighted by atomic mass is 32.1. The summed E-state index contributed by atoms with van der Waals surface area (Å²) in [4.78, 5) is 29.3. The fourth-order valence-corrected chi connectivity index (χ4v) is 4.05. The number of halogens is 3. The average molecular weight is 442 g/mol. The van der Waals surface area contributed by atoms with Gasteiger partial charge in [-0.3, -0.25) is 19.8 Å². The molecule has 1 aromatic carbocycles. The molecule has 2 aromatic rings. The maximum Gasteiger partial charge on any atom is 0.416 e. The summed E-state index contributed by atoms with van der Waals surface area (Å²) in [6, 6.07) is 6.47. The third kappa shape index (κ3) is 5.28. The summed E-state index contributed by atoms with van der Waals surface area (Å²) in [6.07, 6.45) is -4.64. The quantitative estimate of drug-likeness (QED) is 0.506. The summed E-state index contributed by atoms with van der Waals surface area (Å²) < 4.78 is 38.7. The number of thiophene rings is 1. The fourth-order valence-electron chi connectivity index (χ4n) is 3.30. The summed E-state index contributed by atoms with van der Waals surface area (Å²) in [5, 5.41) is 13.3. The van der Waals surface area contributed by atoms with Gasteiger partial charge in [0.25, 0.3) is 5.69 Å². The predicted molar refractivity (Wildman–Crippen MR) is 108 cm³/mol. The van der Waals surface area contributed by atoms with E-state index >= 15 is 0 Å². The van der Waals surface area contributed by atoms with E-state index in [2.05, 4.69) is 0 Å². The molecule has 1 amide bonds. The van der Waals surface area contributed by atoms with E-state index < -0.39 is 22.4 Å². The van der Waals surface area contributed by atoms with E-state index in [1.807, 2.05) is 22.4 Å². The largest absolute Gasteiger partial charge is 0.416 e. The van der Waals surface area contributed by atoms with E-state index in [1.54, 1.807) is 28.2 Å². The SMILES string of the molecule is CN(Cc1cccs1)C(=O)CN1CCN(c2ccc(C(F)(F)F)cc2[N+](=O)[O-])CC1. The predicted octanol–water partition coefficient (Wildman–Crippen LogP) is 3.46. The number of alkyl halides is 3. The van der Waals surface area contributed by atoms with Gasteiger partial charge in [-0.1, -0.05) is 6.07 Å². The maximum atomic E-state index is 12.9. The number of carbonyl (C=O) groups excluding carboxylic acids is 1. The second kappa shape index (κ2) is 9.00. The van der Waals surface area contributed by atoms with Crippen LogP contribution in [0, 0.1) is 10.1 Å². The smallest absolute Gasteiger partial charge is 0.363 e. The molecule has 30 heavy (non-hydrogen) atoms. The van der Waals surface area contributed by atoms with Crippen molar-refractivity contribution in [2.75, 3.05) is 44.7 Å². The fraction of sp³-hybridized carbons (Fsp3) is 0.421. The van der Waals surface area contributed by atoms with Gasteiger partial charge < -0.3 is 9.80 Å². The average Bonchev–Trinajstić information content (AvgIpc) is 3.20. The van der Waals surface area contributed by atoms with Gasteiger partial charge >= 0.3 is 6.18 Å². The molecule has 0 bridgehead atoms.